The molecule has 0 bridgehead atoms. The maximum atomic E-state index is 13.6. The van der Waals surface area contributed by atoms with Gasteiger partial charge < -0.3 is 24.4 Å². The fourth-order valence-electron chi connectivity index (χ4n) is 4.54. The van der Waals surface area contributed by atoms with E-state index in [4.69, 9.17) is 9.47 Å². The molecule has 4 rings (SSSR count). The van der Waals surface area contributed by atoms with Gasteiger partial charge in [0.05, 0.1) is 25.7 Å². The van der Waals surface area contributed by atoms with Gasteiger partial charge in [-0.2, -0.15) is 0 Å². The number of hydrogen-bond acceptors (Lipinski definition) is 5. The summed E-state index contributed by atoms with van der Waals surface area (Å²) in [5.41, 5.74) is 0.641. The van der Waals surface area contributed by atoms with Crippen LogP contribution in [-0.4, -0.2) is 56.0 Å². The lowest BCUT2D eigenvalue weighted by atomic mass is 9.95. The fourth-order valence-corrected chi connectivity index (χ4v) is 4.54. The number of hydrogen-bond donors (Lipinski definition) is 1. The van der Waals surface area contributed by atoms with E-state index in [2.05, 4.69) is 13.8 Å². The summed E-state index contributed by atoms with van der Waals surface area (Å²) in [5, 5.41) is 13.5. The van der Waals surface area contributed by atoms with Crippen molar-refractivity contribution in [3.8, 4) is 11.5 Å². The molecule has 1 unspecified atom stereocenters. The van der Waals surface area contributed by atoms with Gasteiger partial charge in [0.2, 0.25) is 5.78 Å². The predicted molar refractivity (Wildman–Crippen MR) is 122 cm³/mol. The van der Waals surface area contributed by atoms with Gasteiger partial charge >= 0.3 is 0 Å². The van der Waals surface area contributed by atoms with Crippen LogP contribution in [0.25, 0.3) is 5.76 Å². The number of nitrogens with zero attached hydrogens (tertiary/aromatic N) is 1. The van der Waals surface area contributed by atoms with Crippen LogP contribution in [0.1, 0.15) is 37.4 Å². The Morgan fingerprint density at radius 1 is 1.06 bits per heavy atom. The molecule has 2 aliphatic rings. The van der Waals surface area contributed by atoms with Crippen LogP contribution in [0.15, 0.2) is 48.0 Å². The van der Waals surface area contributed by atoms with Crippen molar-refractivity contribution in [3.63, 3.8) is 0 Å². The average Bonchev–Trinajstić information content (AvgIpc) is 3.11. The summed E-state index contributed by atoms with van der Waals surface area (Å²) >= 11 is 0. The molecule has 8 heteroatoms. The summed E-state index contributed by atoms with van der Waals surface area (Å²) in [6.07, 6.45) is 0.680. The molecule has 34 heavy (non-hydrogen) atoms. The van der Waals surface area contributed by atoms with Crippen molar-refractivity contribution < 1.29 is 33.5 Å². The molecule has 2 aromatic rings. The minimum atomic E-state index is -0.868. The SMILES string of the molecule is CC[NH+](CC)CCCN1C(=O)C(=O)C(=C([O-])c2ccc3c(c2)OCCO3)C1c1ccc(F)cc1. The van der Waals surface area contributed by atoms with E-state index >= 15 is 0 Å². The molecular weight excluding hydrogens is 439 g/mol. The Bertz CT molecular complexity index is 1090. The Labute approximate surface area is 198 Å². The molecule has 2 heterocycles. The van der Waals surface area contributed by atoms with Crippen molar-refractivity contribution >= 4 is 17.4 Å². The van der Waals surface area contributed by atoms with Gasteiger partial charge in [-0.25, -0.2) is 4.39 Å². The standard InChI is InChI=1S/C26H29FN2O5/c1-3-28(4-2)12-5-13-29-23(17-6-9-19(27)10-7-17)22(25(31)26(29)32)24(30)18-8-11-20-21(16-18)34-15-14-33-20/h6-11,16,23,30H,3-5,12-15H2,1-2H3. The third-order valence-corrected chi connectivity index (χ3v) is 6.45. The van der Waals surface area contributed by atoms with Crippen molar-refractivity contribution in [1.29, 1.82) is 0 Å². The number of rotatable bonds is 8. The number of fused-ring (bicyclic) bond motifs is 1. The van der Waals surface area contributed by atoms with Crippen molar-refractivity contribution in [2.75, 3.05) is 39.4 Å². The number of nitrogens with one attached hydrogen (secondary N) is 1. The molecule has 180 valence electrons. The minimum Gasteiger partial charge on any atom is -0.872 e. The van der Waals surface area contributed by atoms with E-state index in [-0.39, 0.29) is 11.1 Å². The van der Waals surface area contributed by atoms with E-state index in [1.165, 1.54) is 40.1 Å². The van der Waals surface area contributed by atoms with Crippen molar-refractivity contribution in [2.24, 2.45) is 0 Å². The summed E-state index contributed by atoms with van der Waals surface area (Å²) in [6.45, 7) is 8.07. The Morgan fingerprint density at radius 3 is 2.41 bits per heavy atom. The number of benzene rings is 2. The molecule has 0 saturated carbocycles. The van der Waals surface area contributed by atoms with Crippen LogP contribution in [0.5, 0.6) is 11.5 Å². The van der Waals surface area contributed by atoms with E-state index in [0.717, 1.165) is 19.6 Å². The first kappa shape index (κ1) is 23.8. The van der Waals surface area contributed by atoms with Crippen molar-refractivity contribution in [3.05, 3.63) is 65.0 Å². The second-order valence-corrected chi connectivity index (χ2v) is 8.44. The molecule has 1 N–H and O–H groups in total. The van der Waals surface area contributed by atoms with Crippen LogP contribution in [0, 0.1) is 5.82 Å². The molecule has 0 aromatic heterocycles. The summed E-state index contributed by atoms with van der Waals surface area (Å²) in [7, 11) is 0. The van der Waals surface area contributed by atoms with Crippen LogP contribution in [0.3, 0.4) is 0 Å². The molecule has 2 aliphatic heterocycles. The molecule has 0 aliphatic carbocycles. The van der Waals surface area contributed by atoms with Crippen molar-refractivity contribution in [1.82, 2.24) is 4.90 Å². The van der Waals surface area contributed by atoms with Gasteiger partial charge in [-0.05, 0) is 49.2 Å². The van der Waals surface area contributed by atoms with Gasteiger partial charge in [-0.3, -0.25) is 9.59 Å². The van der Waals surface area contributed by atoms with E-state index < -0.39 is 29.3 Å². The van der Waals surface area contributed by atoms with Gasteiger partial charge in [-0.15, -0.1) is 0 Å². The maximum Gasteiger partial charge on any atom is 0.295 e. The Balaban J connectivity index is 1.72. The van der Waals surface area contributed by atoms with Gasteiger partial charge in [-0.1, -0.05) is 24.0 Å². The highest BCUT2D eigenvalue weighted by molar-refractivity contribution is 6.46. The van der Waals surface area contributed by atoms with Gasteiger partial charge in [0.1, 0.15) is 19.0 Å². The summed E-state index contributed by atoms with van der Waals surface area (Å²) in [6, 6.07) is 9.44. The Morgan fingerprint density at radius 2 is 1.74 bits per heavy atom. The fraction of sp³-hybridized carbons (Fsp3) is 0.385. The number of likely N-dealkylation sites (tertiary alicyclic amines) is 1. The maximum absolute atomic E-state index is 13.6. The highest BCUT2D eigenvalue weighted by atomic mass is 19.1. The Hall–Kier alpha value is -3.39. The average molecular weight is 469 g/mol. The lowest BCUT2D eigenvalue weighted by molar-refractivity contribution is -0.896. The number of ketones is 1. The summed E-state index contributed by atoms with van der Waals surface area (Å²) in [5.74, 6) is -1.55. The third-order valence-electron chi connectivity index (χ3n) is 6.45. The zero-order valence-electron chi connectivity index (χ0n) is 19.4. The quantitative estimate of drug-likeness (QED) is 0.357. The number of quaternary nitrogens is 1. The van der Waals surface area contributed by atoms with Gasteiger partial charge in [0, 0.05) is 18.5 Å². The number of ether oxygens (including phenoxy) is 2. The van der Waals surface area contributed by atoms with Crippen LogP contribution in [-0.2, 0) is 9.59 Å². The summed E-state index contributed by atoms with van der Waals surface area (Å²) in [4.78, 5) is 29.0. The van der Waals surface area contributed by atoms with Crippen LogP contribution in [0.4, 0.5) is 4.39 Å². The highest BCUT2D eigenvalue weighted by Gasteiger charge is 2.44. The van der Waals surface area contributed by atoms with E-state index in [1.807, 2.05) is 0 Å². The first-order chi connectivity index (χ1) is 16.4. The lowest BCUT2D eigenvalue weighted by Gasteiger charge is -2.28. The topological polar surface area (TPSA) is 83.3 Å². The molecule has 1 saturated heterocycles. The Kier molecular flexibility index (Phi) is 7.17. The van der Waals surface area contributed by atoms with E-state index in [0.29, 0.717) is 43.2 Å². The number of carbonyl (C=O) groups is 2. The smallest absolute Gasteiger partial charge is 0.295 e. The molecule has 7 nitrogen and oxygen atoms in total. The highest BCUT2D eigenvalue weighted by Crippen LogP contribution is 2.40. The van der Waals surface area contributed by atoms with Crippen LogP contribution < -0.4 is 19.5 Å². The molecule has 1 fully saturated rings. The first-order valence-corrected chi connectivity index (χ1v) is 11.7. The summed E-state index contributed by atoms with van der Waals surface area (Å²) < 4.78 is 24.7. The number of Topliss-reactive ketones (excluding diaryl/α,β-unsaturated/α-hetero) is 1. The van der Waals surface area contributed by atoms with Crippen molar-refractivity contribution in [2.45, 2.75) is 26.3 Å². The number of amides is 1. The minimum absolute atomic E-state index is 0.122. The molecule has 0 radical (unpaired) electrons. The second-order valence-electron chi connectivity index (χ2n) is 8.44. The largest absolute Gasteiger partial charge is 0.872 e. The molecular formula is C26H29FN2O5. The molecule has 2 aromatic carbocycles. The molecule has 0 spiro atoms. The lowest BCUT2D eigenvalue weighted by Crippen LogP contribution is -3.11. The number of halogens is 1. The monoisotopic (exact) mass is 468 g/mol. The molecule has 1 atom stereocenters. The van der Waals surface area contributed by atoms with Crippen LogP contribution >= 0.6 is 0 Å². The predicted octanol–water partition coefficient (Wildman–Crippen LogP) is 1.14. The van der Waals surface area contributed by atoms with Gasteiger partial charge in [0.15, 0.2) is 11.5 Å². The van der Waals surface area contributed by atoms with Crippen LogP contribution in [0.2, 0.25) is 0 Å². The van der Waals surface area contributed by atoms with E-state index in [9.17, 15) is 19.1 Å². The zero-order valence-corrected chi connectivity index (χ0v) is 19.4. The van der Waals surface area contributed by atoms with Gasteiger partial charge in [0.25, 0.3) is 5.91 Å². The normalized spacial score (nSPS) is 19.2. The third kappa shape index (κ3) is 4.63. The second kappa shape index (κ2) is 10.3. The molecule has 1 amide bonds. The van der Waals surface area contributed by atoms with E-state index in [1.54, 1.807) is 12.1 Å². The zero-order chi connectivity index (χ0) is 24.2. The first-order valence-electron chi connectivity index (χ1n) is 11.7. The number of carbonyl (C=O) groups excluding carboxylic acids is 2.